The number of nitrogens with two attached hydrogens (primary N) is 1. The smallest absolute Gasteiger partial charge is 0.254 e. The third-order valence-electron chi connectivity index (χ3n) is 4.76. The van der Waals surface area contributed by atoms with Crippen LogP contribution >= 0.6 is 0 Å². The molecule has 1 saturated carbocycles. The fraction of sp³-hybridized carbons (Fsp3) is 0.588. The van der Waals surface area contributed by atoms with Crippen LogP contribution in [0.1, 0.15) is 49.4 Å². The zero-order valence-electron chi connectivity index (χ0n) is 12.7. The highest BCUT2D eigenvalue weighted by molar-refractivity contribution is 5.96. The predicted molar refractivity (Wildman–Crippen MR) is 83.4 cm³/mol. The Morgan fingerprint density at radius 2 is 2.10 bits per heavy atom. The third kappa shape index (κ3) is 2.85. The topological polar surface area (TPSA) is 55.6 Å². The number of benzene rings is 1. The predicted octanol–water partition coefficient (Wildman–Crippen LogP) is 3.07. The molecule has 0 spiro atoms. The minimum atomic E-state index is 0.109. The van der Waals surface area contributed by atoms with Gasteiger partial charge in [0, 0.05) is 29.9 Å². The average Bonchev–Trinajstić information content (AvgIpc) is 2.90. The summed E-state index contributed by atoms with van der Waals surface area (Å²) in [5.74, 6) is 1.49. The first kappa shape index (κ1) is 14.2. The van der Waals surface area contributed by atoms with Crippen LogP contribution in [0, 0.1) is 5.92 Å². The summed E-state index contributed by atoms with van der Waals surface area (Å²) in [5, 5.41) is 0. The lowest BCUT2D eigenvalue weighted by Crippen LogP contribution is -2.39. The summed E-state index contributed by atoms with van der Waals surface area (Å²) in [6.45, 7) is 3.39. The van der Waals surface area contributed by atoms with Gasteiger partial charge in [-0.15, -0.1) is 0 Å². The minimum absolute atomic E-state index is 0.109. The van der Waals surface area contributed by atoms with E-state index in [-0.39, 0.29) is 5.91 Å². The number of rotatable bonds is 3. The molecule has 0 bridgehead atoms. The zero-order chi connectivity index (χ0) is 14.8. The van der Waals surface area contributed by atoms with Crippen molar-refractivity contribution in [2.45, 2.75) is 45.1 Å². The maximum absolute atomic E-state index is 12.8. The number of nitrogens with zero attached hydrogens (tertiary/aromatic N) is 1. The van der Waals surface area contributed by atoms with Crippen molar-refractivity contribution in [1.82, 2.24) is 4.90 Å². The monoisotopic (exact) mass is 288 g/mol. The fourth-order valence-electron chi connectivity index (χ4n) is 3.82. The van der Waals surface area contributed by atoms with Crippen LogP contribution in [0.4, 0.5) is 5.69 Å². The van der Waals surface area contributed by atoms with Gasteiger partial charge in [-0.05, 0) is 44.2 Å². The lowest BCUT2D eigenvalue weighted by molar-refractivity contribution is 0.0689. The maximum Gasteiger partial charge on any atom is 0.254 e. The van der Waals surface area contributed by atoms with Gasteiger partial charge in [0.05, 0.1) is 6.61 Å². The van der Waals surface area contributed by atoms with Crippen molar-refractivity contribution in [1.29, 1.82) is 0 Å². The normalized spacial score (nSPS) is 24.7. The quantitative estimate of drug-likeness (QED) is 0.870. The molecule has 2 atom stereocenters. The Labute approximate surface area is 126 Å². The van der Waals surface area contributed by atoms with Gasteiger partial charge >= 0.3 is 0 Å². The number of ether oxygens (including phenoxy) is 1. The number of likely N-dealkylation sites (tertiary alicyclic amines) is 1. The van der Waals surface area contributed by atoms with Gasteiger partial charge in [-0.3, -0.25) is 4.79 Å². The number of nitrogen functional groups attached to an aromatic ring is 1. The molecule has 2 unspecified atom stereocenters. The van der Waals surface area contributed by atoms with E-state index in [4.69, 9.17) is 10.5 Å². The summed E-state index contributed by atoms with van der Waals surface area (Å²) < 4.78 is 5.50. The van der Waals surface area contributed by atoms with Gasteiger partial charge in [0.15, 0.2) is 0 Å². The molecule has 2 aliphatic rings. The van der Waals surface area contributed by atoms with Gasteiger partial charge in [-0.25, -0.2) is 0 Å². The number of hydrogen-bond donors (Lipinski definition) is 1. The van der Waals surface area contributed by atoms with Crippen molar-refractivity contribution in [2.75, 3.05) is 18.9 Å². The molecule has 1 amide bonds. The van der Waals surface area contributed by atoms with Crippen LogP contribution in [0.5, 0.6) is 5.75 Å². The van der Waals surface area contributed by atoms with E-state index < -0.39 is 0 Å². The molecule has 0 aromatic heterocycles. The lowest BCUT2D eigenvalue weighted by Gasteiger charge is -2.31. The summed E-state index contributed by atoms with van der Waals surface area (Å²) in [7, 11) is 0. The van der Waals surface area contributed by atoms with Crippen LogP contribution in [-0.2, 0) is 0 Å². The molecule has 2 N–H and O–H groups in total. The molecule has 1 aliphatic carbocycles. The number of carbonyl (C=O) groups is 1. The van der Waals surface area contributed by atoms with Crippen LogP contribution < -0.4 is 10.5 Å². The largest absolute Gasteiger partial charge is 0.494 e. The van der Waals surface area contributed by atoms with Crippen LogP contribution in [-0.4, -0.2) is 30.0 Å². The van der Waals surface area contributed by atoms with Crippen molar-refractivity contribution in [3.8, 4) is 5.75 Å². The van der Waals surface area contributed by atoms with Gasteiger partial charge < -0.3 is 15.4 Å². The van der Waals surface area contributed by atoms with Gasteiger partial charge in [-0.2, -0.15) is 0 Å². The molecule has 4 heteroatoms. The molecule has 1 heterocycles. The van der Waals surface area contributed by atoms with Crippen LogP contribution in [0.3, 0.4) is 0 Å². The van der Waals surface area contributed by atoms with Crippen LogP contribution in [0.15, 0.2) is 18.2 Å². The molecule has 1 aromatic carbocycles. The van der Waals surface area contributed by atoms with E-state index >= 15 is 0 Å². The van der Waals surface area contributed by atoms with Crippen molar-refractivity contribution < 1.29 is 9.53 Å². The standard InChI is InChI=1S/C17H24N2O2/c1-2-21-15-10-13(9-14(18)11-15)17(20)19-8-7-12-5-3-4-6-16(12)19/h9-12,16H,2-8,18H2,1H3. The van der Waals surface area contributed by atoms with E-state index in [1.807, 2.05) is 13.0 Å². The second kappa shape index (κ2) is 5.96. The van der Waals surface area contributed by atoms with Crippen LogP contribution in [0.2, 0.25) is 0 Å². The Morgan fingerprint density at radius 1 is 1.29 bits per heavy atom. The average molecular weight is 288 g/mol. The number of hydrogen-bond acceptors (Lipinski definition) is 3. The molecule has 0 radical (unpaired) electrons. The fourth-order valence-corrected chi connectivity index (χ4v) is 3.82. The van der Waals surface area contributed by atoms with Crippen molar-refractivity contribution in [3.63, 3.8) is 0 Å². The van der Waals surface area contributed by atoms with Gasteiger partial charge in [0.2, 0.25) is 0 Å². The molecule has 114 valence electrons. The highest BCUT2D eigenvalue weighted by Crippen LogP contribution is 2.37. The Bertz CT molecular complexity index is 530. The van der Waals surface area contributed by atoms with Crippen molar-refractivity contribution in [3.05, 3.63) is 23.8 Å². The van der Waals surface area contributed by atoms with E-state index in [9.17, 15) is 4.79 Å². The number of fused-ring (bicyclic) bond motifs is 1. The Morgan fingerprint density at radius 3 is 2.90 bits per heavy atom. The third-order valence-corrected chi connectivity index (χ3v) is 4.76. The Hall–Kier alpha value is -1.71. The molecule has 1 aromatic rings. The summed E-state index contributed by atoms with van der Waals surface area (Å²) in [5.41, 5.74) is 7.15. The molecular weight excluding hydrogens is 264 g/mol. The molecule has 21 heavy (non-hydrogen) atoms. The SMILES string of the molecule is CCOc1cc(N)cc(C(=O)N2CCC3CCCCC32)c1. The molecular formula is C17H24N2O2. The maximum atomic E-state index is 12.8. The first-order valence-corrected chi connectivity index (χ1v) is 8.03. The minimum Gasteiger partial charge on any atom is -0.494 e. The van der Waals surface area contributed by atoms with E-state index in [0.29, 0.717) is 35.6 Å². The second-order valence-electron chi connectivity index (χ2n) is 6.12. The van der Waals surface area contributed by atoms with Crippen molar-refractivity contribution >= 4 is 11.6 Å². The van der Waals surface area contributed by atoms with Gasteiger partial charge in [-0.1, -0.05) is 12.8 Å². The number of carbonyl (C=O) groups excluding carboxylic acids is 1. The molecule has 4 nitrogen and oxygen atoms in total. The lowest BCUT2D eigenvalue weighted by atomic mass is 9.85. The van der Waals surface area contributed by atoms with Gasteiger partial charge in [0.1, 0.15) is 5.75 Å². The summed E-state index contributed by atoms with van der Waals surface area (Å²) in [6.07, 6.45) is 6.13. The van der Waals surface area contributed by atoms with E-state index in [1.54, 1.807) is 12.1 Å². The van der Waals surface area contributed by atoms with E-state index in [0.717, 1.165) is 19.4 Å². The van der Waals surface area contributed by atoms with Crippen molar-refractivity contribution in [2.24, 2.45) is 5.92 Å². The highest BCUT2D eigenvalue weighted by atomic mass is 16.5. The summed E-state index contributed by atoms with van der Waals surface area (Å²) in [4.78, 5) is 14.9. The number of amides is 1. The molecule has 2 fully saturated rings. The second-order valence-corrected chi connectivity index (χ2v) is 6.12. The van der Waals surface area contributed by atoms with Gasteiger partial charge in [0.25, 0.3) is 5.91 Å². The summed E-state index contributed by atoms with van der Waals surface area (Å²) >= 11 is 0. The van der Waals surface area contributed by atoms with E-state index in [1.165, 1.54) is 19.3 Å². The van der Waals surface area contributed by atoms with Crippen LogP contribution in [0.25, 0.3) is 0 Å². The molecule has 3 rings (SSSR count). The molecule has 1 aliphatic heterocycles. The number of anilines is 1. The Balaban J connectivity index is 1.81. The summed E-state index contributed by atoms with van der Waals surface area (Å²) in [6, 6.07) is 5.79. The van der Waals surface area contributed by atoms with E-state index in [2.05, 4.69) is 4.90 Å². The molecule has 1 saturated heterocycles. The Kier molecular flexibility index (Phi) is 4.04. The first-order chi connectivity index (χ1) is 10.2. The highest BCUT2D eigenvalue weighted by Gasteiger charge is 2.38. The first-order valence-electron chi connectivity index (χ1n) is 8.03. The zero-order valence-corrected chi connectivity index (χ0v) is 12.7.